The van der Waals surface area contributed by atoms with Crippen LogP contribution >= 0.6 is 0 Å². The number of hydrogen-bond acceptors (Lipinski definition) is 4. The molecule has 1 aromatic rings. The second-order valence-corrected chi connectivity index (χ2v) is 3.43. The molecule has 0 heterocycles. The number of methoxy groups -OCH3 is 2. The molecule has 98 valence electrons. The van der Waals surface area contributed by atoms with E-state index in [4.69, 9.17) is 15.2 Å². The molecule has 0 saturated carbocycles. The Balaban J connectivity index is 3.20. The van der Waals surface area contributed by atoms with Gasteiger partial charge in [0.05, 0.1) is 19.9 Å². The standard InChI is InChI=1S/C12H17N3O3/c1-4-9(14-15-12(13)16)8-6-5-7-10(17-2)11(8)18-3/h5-7H,4H2,1-3H3,(H3,13,15,16). The van der Waals surface area contributed by atoms with Crippen molar-refractivity contribution in [2.24, 2.45) is 10.8 Å². The summed E-state index contributed by atoms with van der Waals surface area (Å²) in [5.74, 6) is 1.18. The Kier molecular flexibility index (Phi) is 4.98. The van der Waals surface area contributed by atoms with Crippen LogP contribution in [0.5, 0.6) is 11.5 Å². The zero-order chi connectivity index (χ0) is 13.5. The summed E-state index contributed by atoms with van der Waals surface area (Å²) in [4.78, 5) is 10.7. The van der Waals surface area contributed by atoms with Crippen molar-refractivity contribution >= 4 is 11.7 Å². The zero-order valence-corrected chi connectivity index (χ0v) is 10.7. The molecule has 0 saturated heterocycles. The van der Waals surface area contributed by atoms with Gasteiger partial charge in [0.25, 0.3) is 0 Å². The van der Waals surface area contributed by atoms with Crippen molar-refractivity contribution in [1.29, 1.82) is 0 Å². The Morgan fingerprint density at radius 2 is 2.11 bits per heavy atom. The van der Waals surface area contributed by atoms with Gasteiger partial charge in [-0.25, -0.2) is 10.2 Å². The van der Waals surface area contributed by atoms with Gasteiger partial charge in [0.15, 0.2) is 11.5 Å². The van der Waals surface area contributed by atoms with Gasteiger partial charge in [-0.15, -0.1) is 0 Å². The Hall–Kier alpha value is -2.24. The predicted molar refractivity (Wildman–Crippen MR) is 69.1 cm³/mol. The molecule has 1 aromatic carbocycles. The van der Waals surface area contributed by atoms with Crippen LogP contribution in [0.25, 0.3) is 0 Å². The molecule has 6 nitrogen and oxygen atoms in total. The number of nitrogens with two attached hydrogens (primary N) is 1. The first-order chi connectivity index (χ1) is 8.63. The van der Waals surface area contributed by atoms with Gasteiger partial charge in [-0.05, 0) is 18.6 Å². The van der Waals surface area contributed by atoms with E-state index >= 15 is 0 Å². The van der Waals surface area contributed by atoms with Gasteiger partial charge in [-0.2, -0.15) is 5.10 Å². The minimum Gasteiger partial charge on any atom is -0.493 e. The van der Waals surface area contributed by atoms with E-state index < -0.39 is 6.03 Å². The van der Waals surface area contributed by atoms with E-state index in [1.807, 2.05) is 19.1 Å². The summed E-state index contributed by atoms with van der Waals surface area (Å²) in [6.07, 6.45) is 0.615. The number of nitrogens with one attached hydrogen (secondary N) is 1. The van der Waals surface area contributed by atoms with Gasteiger partial charge in [0.2, 0.25) is 0 Å². The number of rotatable bonds is 5. The smallest absolute Gasteiger partial charge is 0.332 e. The number of hydrazone groups is 1. The molecule has 0 aliphatic carbocycles. The highest BCUT2D eigenvalue weighted by Gasteiger charge is 2.13. The van der Waals surface area contributed by atoms with E-state index in [9.17, 15) is 4.79 Å². The number of ether oxygens (including phenoxy) is 2. The highest BCUT2D eigenvalue weighted by atomic mass is 16.5. The minimum absolute atomic E-state index is 0.576. The van der Waals surface area contributed by atoms with E-state index in [0.717, 1.165) is 5.56 Å². The van der Waals surface area contributed by atoms with E-state index in [1.54, 1.807) is 20.3 Å². The van der Waals surface area contributed by atoms with Crippen LogP contribution < -0.4 is 20.6 Å². The number of para-hydroxylation sites is 1. The number of carbonyl (C=O) groups excluding carboxylic acids is 1. The second-order valence-electron chi connectivity index (χ2n) is 3.43. The number of carbonyl (C=O) groups is 1. The zero-order valence-electron chi connectivity index (χ0n) is 10.7. The molecule has 2 amide bonds. The third kappa shape index (κ3) is 3.13. The monoisotopic (exact) mass is 251 g/mol. The molecule has 18 heavy (non-hydrogen) atoms. The van der Waals surface area contributed by atoms with Gasteiger partial charge >= 0.3 is 6.03 Å². The molecule has 0 aliphatic rings. The first-order valence-corrected chi connectivity index (χ1v) is 5.47. The summed E-state index contributed by atoms with van der Waals surface area (Å²) in [6.45, 7) is 1.92. The molecule has 0 fully saturated rings. The molecule has 0 spiro atoms. The molecular weight excluding hydrogens is 234 g/mol. The largest absolute Gasteiger partial charge is 0.493 e. The van der Waals surface area contributed by atoms with E-state index in [2.05, 4.69) is 10.5 Å². The number of benzene rings is 1. The molecule has 0 unspecified atom stereocenters. The average Bonchev–Trinajstić information content (AvgIpc) is 2.38. The van der Waals surface area contributed by atoms with Crippen LogP contribution in [-0.2, 0) is 0 Å². The Bertz CT molecular complexity index is 458. The quantitative estimate of drug-likeness (QED) is 0.614. The predicted octanol–water partition coefficient (Wildman–Crippen LogP) is 1.49. The van der Waals surface area contributed by atoms with Gasteiger partial charge in [-0.1, -0.05) is 13.0 Å². The van der Waals surface area contributed by atoms with Crippen LogP contribution in [0, 0.1) is 0 Å². The SMILES string of the molecule is CCC(=NNC(N)=O)c1cccc(OC)c1OC. The van der Waals surface area contributed by atoms with Gasteiger partial charge in [0, 0.05) is 5.56 Å². The minimum atomic E-state index is -0.706. The summed E-state index contributed by atoms with van der Waals surface area (Å²) < 4.78 is 10.5. The Labute approximate surface area is 106 Å². The third-order valence-corrected chi connectivity index (χ3v) is 2.35. The summed E-state index contributed by atoms with van der Waals surface area (Å²) in [7, 11) is 3.11. The maximum absolute atomic E-state index is 10.7. The molecule has 1 rings (SSSR count). The highest BCUT2D eigenvalue weighted by molar-refractivity contribution is 6.03. The number of nitrogens with zero attached hydrogens (tertiary/aromatic N) is 1. The average molecular weight is 251 g/mol. The number of amides is 2. The lowest BCUT2D eigenvalue weighted by molar-refractivity contribution is 0.249. The maximum Gasteiger partial charge on any atom is 0.332 e. The summed E-state index contributed by atoms with van der Waals surface area (Å²) >= 11 is 0. The van der Waals surface area contributed by atoms with Gasteiger partial charge < -0.3 is 15.2 Å². The van der Waals surface area contributed by atoms with Crippen LogP contribution in [-0.4, -0.2) is 26.0 Å². The van der Waals surface area contributed by atoms with Crippen molar-refractivity contribution in [3.05, 3.63) is 23.8 Å². The van der Waals surface area contributed by atoms with Crippen LogP contribution in [0.4, 0.5) is 4.79 Å². The van der Waals surface area contributed by atoms with Crippen LogP contribution in [0.3, 0.4) is 0 Å². The van der Waals surface area contributed by atoms with Crippen LogP contribution in [0.15, 0.2) is 23.3 Å². The molecule has 0 radical (unpaired) electrons. The van der Waals surface area contributed by atoms with Crippen LogP contribution in [0.1, 0.15) is 18.9 Å². The van der Waals surface area contributed by atoms with Crippen LogP contribution in [0.2, 0.25) is 0 Å². The van der Waals surface area contributed by atoms with Crippen molar-refractivity contribution in [3.63, 3.8) is 0 Å². The lowest BCUT2D eigenvalue weighted by Crippen LogP contribution is -2.26. The van der Waals surface area contributed by atoms with Crippen molar-refractivity contribution in [2.45, 2.75) is 13.3 Å². The van der Waals surface area contributed by atoms with Crippen molar-refractivity contribution in [3.8, 4) is 11.5 Å². The molecule has 0 atom stereocenters. The van der Waals surface area contributed by atoms with Gasteiger partial charge in [-0.3, -0.25) is 0 Å². The molecule has 0 aromatic heterocycles. The number of primary amides is 1. The van der Waals surface area contributed by atoms with Crippen molar-refractivity contribution < 1.29 is 14.3 Å². The fourth-order valence-corrected chi connectivity index (χ4v) is 1.57. The summed E-state index contributed by atoms with van der Waals surface area (Å²) in [5, 5.41) is 3.95. The lowest BCUT2D eigenvalue weighted by Gasteiger charge is -2.13. The summed E-state index contributed by atoms with van der Waals surface area (Å²) in [5.41, 5.74) is 8.62. The Morgan fingerprint density at radius 1 is 1.39 bits per heavy atom. The molecule has 0 aliphatic heterocycles. The first kappa shape index (κ1) is 13.8. The normalized spacial score (nSPS) is 10.9. The molecule has 0 bridgehead atoms. The molecule has 3 N–H and O–H groups in total. The molecule has 6 heteroatoms. The highest BCUT2D eigenvalue weighted by Crippen LogP contribution is 2.31. The first-order valence-electron chi connectivity index (χ1n) is 5.47. The fraction of sp³-hybridized carbons (Fsp3) is 0.333. The van der Waals surface area contributed by atoms with E-state index in [-0.39, 0.29) is 0 Å². The topological polar surface area (TPSA) is 85.9 Å². The fourth-order valence-electron chi connectivity index (χ4n) is 1.57. The van der Waals surface area contributed by atoms with Gasteiger partial charge in [0.1, 0.15) is 0 Å². The van der Waals surface area contributed by atoms with E-state index in [0.29, 0.717) is 23.6 Å². The number of hydrogen-bond donors (Lipinski definition) is 2. The lowest BCUT2D eigenvalue weighted by atomic mass is 10.1. The second kappa shape index (κ2) is 6.48. The maximum atomic E-state index is 10.7. The van der Waals surface area contributed by atoms with Crippen molar-refractivity contribution in [1.82, 2.24) is 5.43 Å². The van der Waals surface area contributed by atoms with Crippen molar-refractivity contribution in [2.75, 3.05) is 14.2 Å². The number of urea groups is 1. The molecular formula is C12H17N3O3. The Morgan fingerprint density at radius 3 is 2.61 bits per heavy atom. The third-order valence-electron chi connectivity index (χ3n) is 2.35. The summed E-state index contributed by atoms with van der Waals surface area (Å²) in [6, 6.07) is 4.75. The van der Waals surface area contributed by atoms with E-state index in [1.165, 1.54) is 0 Å².